The number of hydrogen-bond acceptors (Lipinski definition) is 9. The first-order valence-corrected chi connectivity index (χ1v) is 11.3. The molecule has 1 aromatic heterocycles. The summed E-state index contributed by atoms with van der Waals surface area (Å²) in [6.07, 6.45) is -3.61. The van der Waals surface area contributed by atoms with E-state index in [0.29, 0.717) is 0 Å². The number of phosphoric ester groups is 1. The Hall–Kier alpha value is -1.63. The number of rotatable bonds is 8. The Morgan fingerprint density at radius 2 is 2.13 bits per heavy atom. The summed E-state index contributed by atoms with van der Waals surface area (Å²) in [6, 6.07) is 0. The molecular formula is C18H27N2O10P. The van der Waals surface area contributed by atoms with Crippen LogP contribution in [0.1, 0.15) is 31.6 Å². The zero-order valence-corrected chi connectivity index (χ0v) is 18.0. The molecule has 0 radical (unpaired) electrons. The third kappa shape index (κ3) is 5.41. The molecule has 1 aromatic rings. The first kappa shape index (κ1) is 24.0. The van der Waals surface area contributed by atoms with Crippen molar-refractivity contribution in [3.8, 4) is 0 Å². The van der Waals surface area contributed by atoms with E-state index < -0.39 is 55.8 Å². The maximum absolute atomic E-state index is 12.6. The van der Waals surface area contributed by atoms with E-state index in [2.05, 4.69) is 11.6 Å². The summed E-state index contributed by atoms with van der Waals surface area (Å²) in [5, 5.41) is 19.8. The summed E-state index contributed by atoms with van der Waals surface area (Å²) in [7, 11) is -4.66. The van der Waals surface area contributed by atoms with E-state index in [1.165, 1.54) is 19.2 Å². The standard InChI is InChI=1S/C18H27N2O10P/c1-4-12(29-31(25,26)30-13-5-10(3)27-14(13)8-21)16-11(22)6-15(28-16)20-7-9(2)17(23)19-18(20)24/h4,7,10-16,21-22H,1,5-6,8H2,2-3H3,(H,25,26)(H,19,23,24)/t10-,11?,12-,13?,14+,15+,16-/m0/s1. The predicted molar refractivity (Wildman–Crippen MR) is 106 cm³/mol. The second-order valence-electron chi connectivity index (χ2n) is 7.66. The van der Waals surface area contributed by atoms with Crippen molar-refractivity contribution in [2.75, 3.05) is 6.61 Å². The van der Waals surface area contributed by atoms with Crippen molar-refractivity contribution < 1.29 is 38.2 Å². The van der Waals surface area contributed by atoms with Gasteiger partial charge in [0.1, 0.15) is 30.6 Å². The molecule has 12 nitrogen and oxygen atoms in total. The van der Waals surface area contributed by atoms with Gasteiger partial charge in [-0.3, -0.25) is 23.4 Å². The van der Waals surface area contributed by atoms with Crippen molar-refractivity contribution in [3.63, 3.8) is 0 Å². The molecule has 0 aromatic carbocycles. The summed E-state index contributed by atoms with van der Waals surface area (Å²) < 4.78 is 35.2. The van der Waals surface area contributed by atoms with Gasteiger partial charge in [0.25, 0.3) is 5.56 Å². The van der Waals surface area contributed by atoms with Gasteiger partial charge in [-0.15, -0.1) is 6.58 Å². The van der Waals surface area contributed by atoms with E-state index in [1.54, 1.807) is 6.92 Å². The number of aromatic amines is 1. The third-order valence-electron chi connectivity index (χ3n) is 5.24. The molecule has 0 aliphatic carbocycles. The summed E-state index contributed by atoms with van der Waals surface area (Å²) in [5.74, 6) is 0. The van der Waals surface area contributed by atoms with Gasteiger partial charge >= 0.3 is 13.5 Å². The van der Waals surface area contributed by atoms with Gasteiger partial charge in [-0.05, 0) is 13.8 Å². The molecule has 31 heavy (non-hydrogen) atoms. The lowest BCUT2D eigenvalue weighted by atomic mass is 10.1. The van der Waals surface area contributed by atoms with Gasteiger partial charge in [0.15, 0.2) is 0 Å². The van der Waals surface area contributed by atoms with E-state index in [-0.39, 0.29) is 31.1 Å². The van der Waals surface area contributed by atoms with Gasteiger partial charge < -0.3 is 24.6 Å². The number of nitrogens with one attached hydrogen (secondary N) is 1. The topological polar surface area (TPSA) is 170 Å². The van der Waals surface area contributed by atoms with E-state index in [1.807, 2.05) is 0 Å². The van der Waals surface area contributed by atoms with Crippen LogP contribution in [0.2, 0.25) is 0 Å². The van der Waals surface area contributed by atoms with Crippen LogP contribution in [0.4, 0.5) is 0 Å². The number of aromatic nitrogens is 2. The number of ether oxygens (including phenoxy) is 2. The lowest BCUT2D eigenvalue weighted by Crippen LogP contribution is -2.36. The van der Waals surface area contributed by atoms with Crippen LogP contribution in [0.25, 0.3) is 0 Å². The Bertz CT molecular complexity index is 961. The highest BCUT2D eigenvalue weighted by molar-refractivity contribution is 7.47. The van der Waals surface area contributed by atoms with Crippen LogP contribution in [0, 0.1) is 6.92 Å². The second-order valence-corrected chi connectivity index (χ2v) is 9.02. The molecule has 2 aliphatic heterocycles. The Balaban J connectivity index is 1.71. The van der Waals surface area contributed by atoms with E-state index in [9.17, 15) is 29.3 Å². The van der Waals surface area contributed by atoms with Crippen LogP contribution >= 0.6 is 7.82 Å². The minimum atomic E-state index is -4.66. The minimum absolute atomic E-state index is 0.0269. The van der Waals surface area contributed by atoms with E-state index in [4.69, 9.17) is 18.5 Å². The van der Waals surface area contributed by atoms with Crippen molar-refractivity contribution in [1.29, 1.82) is 0 Å². The van der Waals surface area contributed by atoms with Crippen LogP contribution in [-0.4, -0.2) is 67.9 Å². The van der Waals surface area contributed by atoms with Gasteiger partial charge in [-0.2, -0.15) is 0 Å². The Kier molecular flexibility index (Phi) is 7.34. The number of H-pyrrole nitrogens is 1. The minimum Gasteiger partial charge on any atom is -0.394 e. The summed E-state index contributed by atoms with van der Waals surface area (Å²) in [5.41, 5.74) is -0.975. The molecule has 0 bridgehead atoms. The molecule has 3 heterocycles. The molecule has 2 saturated heterocycles. The molecule has 4 N–H and O–H groups in total. The van der Waals surface area contributed by atoms with Crippen molar-refractivity contribution in [3.05, 3.63) is 45.3 Å². The third-order valence-corrected chi connectivity index (χ3v) is 6.29. The van der Waals surface area contributed by atoms with Gasteiger partial charge in [0, 0.05) is 24.6 Å². The monoisotopic (exact) mass is 462 g/mol. The van der Waals surface area contributed by atoms with Gasteiger partial charge in [0.2, 0.25) is 0 Å². The maximum Gasteiger partial charge on any atom is 0.473 e. The van der Waals surface area contributed by atoms with Gasteiger partial charge in [0.05, 0.1) is 18.8 Å². The lowest BCUT2D eigenvalue weighted by Gasteiger charge is -2.27. The van der Waals surface area contributed by atoms with Crippen LogP contribution in [-0.2, 0) is 23.1 Å². The molecule has 174 valence electrons. The highest BCUT2D eigenvalue weighted by Crippen LogP contribution is 2.50. The fourth-order valence-corrected chi connectivity index (χ4v) is 4.85. The van der Waals surface area contributed by atoms with Crippen molar-refractivity contribution >= 4 is 7.82 Å². The second kappa shape index (κ2) is 9.47. The zero-order chi connectivity index (χ0) is 22.9. The Labute approximate surface area is 177 Å². The maximum atomic E-state index is 12.6. The van der Waals surface area contributed by atoms with Gasteiger partial charge in [-0.25, -0.2) is 9.36 Å². The molecular weight excluding hydrogens is 435 g/mol. The fourth-order valence-electron chi connectivity index (χ4n) is 3.72. The fraction of sp³-hybridized carbons (Fsp3) is 0.667. The first-order chi connectivity index (χ1) is 14.5. The zero-order valence-electron chi connectivity index (χ0n) is 17.1. The van der Waals surface area contributed by atoms with Crippen molar-refractivity contribution in [1.82, 2.24) is 9.55 Å². The summed E-state index contributed by atoms with van der Waals surface area (Å²) in [6.45, 7) is 6.42. The predicted octanol–water partition coefficient (Wildman–Crippen LogP) is -0.280. The SMILES string of the molecule is C=C[C@H](OP(=O)(O)OC1C[C@H](C)O[C@@H]1CO)[C@H]1O[C@@H](n2cc(C)c(=O)[nH]c2=O)CC1O. The largest absolute Gasteiger partial charge is 0.473 e. The quantitative estimate of drug-likeness (QED) is 0.298. The van der Waals surface area contributed by atoms with Crippen molar-refractivity contribution in [2.45, 2.75) is 69.5 Å². The number of nitrogens with zero attached hydrogens (tertiary/aromatic N) is 1. The van der Waals surface area contributed by atoms with Crippen LogP contribution in [0.3, 0.4) is 0 Å². The number of aliphatic hydroxyl groups excluding tert-OH is 2. The summed E-state index contributed by atoms with van der Waals surface area (Å²) >= 11 is 0. The van der Waals surface area contributed by atoms with Crippen LogP contribution in [0.5, 0.6) is 0 Å². The average Bonchev–Trinajstić information content (AvgIpc) is 3.24. The average molecular weight is 462 g/mol. The molecule has 0 spiro atoms. The highest BCUT2D eigenvalue weighted by Gasteiger charge is 2.45. The normalized spacial score (nSPS) is 33.8. The Morgan fingerprint density at radius 1 is 1.42 bits per heavy atom. The number of phosphoric acid groups is 1. The molecule has 3 unspecified atom stereocenters. The van der Waals surface area contributed by atoms with E-state index in [0.717, 1.165) is 4.57 Å². The number of aryl methyl sites for hydroxylation is 1. The molecule has 8 atom stereocenters. The molecule has 2 fully saturated rings. The van der Waals surface area contributed by atoms with Crippen LogP contribution < -0.4 is 11.2 Å². The molecule has 13 heteroatoms. The number of hydrogen-bond donors (Lipinski definition) is 4. The Morgan fingerprint density at radius 3 is 2.77 bits per heavy atom. The number of aliphatic hydroxyl groups is 2. The lowest BCUT2D eigenvalue weighted by molar-refractivity contribution is -0.0727. The smallest absolute Gasteiger partial charge is 0.394 e. The van der Waals surface area contributed by atoms with Gasteiger partial charge in [-0.1, -0.05) is 6.08 Å². The van der Waals surface area contributed by atoms with Crippen LogP contribution in [0.15, 0.2) is 28.4 Å². The molecule has 0 amide bonds. The molecule has 3 rings (SSSR count). The molecule has 0 saturated carbocycles. The first-order valence-electron chi connectivity index (χ1n) is 9.78. The molecule has 2 aliphatic rings. The van der Waals surface area contributed by atoms with E-state index >= 15 is 0 Å². The highest BCUT2D eigenvalue weighted by atomic mass is 31.2. The van der Waals surface area contributed by atoms with Crippen molar-refractivity contribution in [2.24, 2.45) is 0 Å². The summed E-state index contributed by atoms with van der Waals surface area (Å²) in [4.78, 5) is 36.0.